The molecule has 0 radical (unpaired) electrons. The van der Waals surface area contributed by atoms with Crippen molar-refractivity contribution in [1.82, 2.24) is 14.5 Å². The van der Waals surface area contributed by atoms with Crippen LogP contribution >= 0.6 is 23.2 Å². The fraction of sp³-hybridized carbons (Fsp3) is 0.143. The van der Waals surface area contributed by atoms with Gasteiger partial charge in [-0.1, -0.05) is 41.4 Å². The molecule has 2 aromatic heterocycles. The molecule has 0 saturated heterocycles. The maximum absolute atomic E-state index is 13.5. The summed E-state index contributed by atoms with van der Waals surface area (Å²) >= 11 is 12.4. The summed E-state index contributed by atoms with van der Waals surface area (Å²) in [7, 11) is -3.48. The fourth-order valence-electron chi connectivity index (χ4n) is 4.32. The highest BCUT2D eigenvalue weighted by Gasteiger charge is 2.35. The van der Waals surface area contributed by atoms with Crippen LogP contribution in [0.2, 0.25) is 10.0 Å². The first kappa shape index (κ1) is 27.9. The summed E-state index contributed by atoms with van der Waals surface area (Å²) in [6.07, 6.45) is -2.61. The molecule has 0 N–H and O–H groups in total. The first-order valence-electron chi connectivity index (χ1n) is 11.7. The Bertz CT molecular complexity index is 1880. The van der Waals surface area contributed by atoms with Gasteiger partial charge in [-0.2, -0.15) is 13.2 Å². The van der Waals surface area contributed by atoms with Gasteiger partial charge >= 0.3 is 6.18 Å². The summed E-state index contributed by atoms with van der Waals surface area (Å²) in [5.41, 5.74) is 1.84. The fourth-order valence-corrected chi connectivity index (χ4v) is 5.28. The molecule has 2 heterocycles. The molecule has 40 heavy (non-hydrogen) atoms. The van der Waals surface area contributed by atoms with Crippen molar-refractivity contribution in [3.05, 3.63) is 94.3 Å². The van der Waals surface area contributed by atoms with Gasteiger partial charge in [-0.05, 0) is 60.5 Å². The van der Waals surface area contributed by atoms with E-state index in [9.17, 15) is 21.6 Å². The Morgan fingerprint density at radius 1 is 0.875 bits per heavy atom. The summed E-state index contributed by atoms with van der Waals surface area (Å²) in [6.45, 7) is 3.12. The lowest BCUT2D eigenvalue weighted by Gasteiger charge is -2.14. The van der Waals surface area contributed by atoms with Gasteiger partial charge in [-0.3, -0.25) is 0 Å². The average molecular weight is 606 g/mol. The van der Waals surface area contributed by atoms with Gasteiger partial charge in [-0.25, -0.2) is 18.4 Å². The second kappa shape index (κ2) is 10.1. The quantitative estimate of drug-likeness (QED) is 0.202. The summed E-state index contributed by atoms with van der Waals surface area (Å²) in [4.78, 5) is 8.42. The number of aromatic nitrogens is 3. The Morgan fingerprint density at radius 2 is 1.57 bits per heavy atom. The minimum absolute atomic E-state index is 0.108. The van der Waals surface area contributed by atoms with Crippen LogP contribution in [0.4, 0.5) is 13.2 Å². The minimum Gasteiger partial charge on any atom is -0.440 e. The number of rotatable bonds is 5. The van der Waals surface area contributed by atoms with Gasteiger partial charge in [0.05, 0.1) is 20.6 Å². The highest BCUT2D eigenvalue weighted by molar-refractivity contribution is 7.90. The highest BCUT2D eigenvalue weighted by Crippen LogP contribution is 2.40. The van der Waals surface area contributed by atoms with Crippen LogP contribution in [0.5, 0.6) is 0 Å². The number of imidazole rings is 1. The van der Waals surface area contributed by atoms with Crippen LogP contribution < -0.4 is 0 Å². The topological polar surface area (TPSA) is 78.0 Å². The minimum atomic E-state index is -4.64. The van der Waals surface area contributed by atoms with Gasteiger partial charge in [0.1, 0.15) is 11.5 Å². The second-order valence-corrected chi connectivity index (χ2v) is 11.9. The third-order valence-corrected chi connectivity index (χ3v) is 8.04. The van der Waals surface area contributed by atoms with Crippen LogP contribution in [0, 0.1) is 13.8 Å². The van der Waals surface area contributed by atoms with Crippen LogP contribution in [0.1, 0.15) is 17.4 Å². The maximum atomic E-state index is 13.5. The van der Waals surface area contributed by atoms with Crippen LogP contribution in [0.3, 0.4) is 0 Å². The largest absolute Gasteiger partial charge is 0.440 e. The summed E-state index contributed by atoms with van der Waals surface area (Å²) in [6, 6.07) is 16.3. The van der Waals surface area contributed by atoms with Crippen molar-refractivity contribution in [1.29, 1.82) is 0 Å². The average Bonchev–Trinajstić information content (AvgIpc) is 3.47. The molecule has 0 saturated carbocycles. The molecule has 0 aliphatic rings. The van der Waals surface area contributed by atoms with E-state index in [1.807, 2.05) is 0 Å². The number of hydrogen-bond donors (Lipinski definition) is 0. The Hall–Kier alpha value is -3.60. The van der Waals surface area contributed by atoms with E-state index in [-0.39, 0.29) is 15.7 Å². The van der Waals surface area contributed by atoms with Gasteiger partial charge in [0, 0.05) is 30.5 Å². The summed E-state index contributed by atoms with van der Waals surface area (Å²) < 4.78 is 72.2. The molecule has 0 aliphatic carbocycles. The lowest BCUT2D eigenvalue weighted by Crippen LogP contribution is -2.05. The van der Waals surface area contributed by atoms with Crippen LogP contribution in [-0.2, 0) is 16.0 Å². The first-order chi connectivity index (χ1) is 18.7. The van der Waals surface area contributed by atoms with Crippen molar-refractivity contribution in [3.63, 3.8) is 0 Å². The number of halogens is 5. The Morgan fingerprint density at radius 3 is 2.23 bits per heavy atom. The molecular formula is C28H20Cl2F3N3O3S. The molecule has 5 rings (SSSR count). The maximum Gasteiger partial charge on any atom is 0.434 e. The van der Waals surface area contributed by atoms with Crippen molar-refractivity contribution in [2.45, 2.75) is 24.9 Å². The predicted molar refractivity (Wildman–Crippen MR) is 148 cm³/mol. The number of nitrogens with zero attached hydrogens (tertiary/aromatic N) is 3. The van der Waals surface area contributed by atoms with Crippen LogP contribution in [-0.4, -0.2) is 29.2 Å². The molecule has 6 nitrogen and oxygen atoms in total. The third-order valence-electron chi connectivity index (χ3n) is 6.20. The lowest BCUT2D eigenvalue weighted by molar-refractivity contribution is -0.141. The molecule has 0 amide bonds. The molecule has 0 atom stereocenters. The SMILES string of the molecule is Cc1nc(-c2cc(-c3cccc(S(C)(=O)=O)c3)ccc2-n2cc(C(F)(F)F)nc2C)c(-c2ccc(Cl)c(Cl)c2)o1. The van der Waals surface area contributed by atoms with Crippen molar-refractivity contribution in [2.24, 2.45) is 0 Å². The predicted octanol–water partition coefficient (Wildman–Crippen LogP) is 8.21. The van der Waals surface area contributed by atoms with E-state index in [0.717, 1.165) is 12.5 Å². The molecule has 0 fully saturated rings. The molecule has 0 unspecified atom stereocenters. The smallest absolute Gasteiger partial charge is 0.434 e. The molecule has 3 aromatic carbocycles. The monoisotopic (exact) mass is 605 g/mol. The Kier molecular flexibility index (Phi) is 7.06. The van der Waals surface area contributed by atoms with Gasteiger partial charge in [0.2, 0.25) is 0 Å². The lowest BCUT2D eigenvalue weighted by atomic mass is 9.98. The summed E-state index contributed by atoms with van der Waals surface area (Å²) in [5, 5.41) is 0.622. The van der Waals surface area contributed by atoms with Gasteiger partial charge in [-0.15, -0.1) is 0 Å². The first-order valence-corrected chi connectivity index (χ1v) is 14.4. The van der Waals surface area contributed by atoms with Crippen molar-refractivity contribution < 1.29 is 26.0 Å². The van der Waals surface area contributed by atoms with E-state index in [0.29, 0.717) is 50.3 Å². The summed E-state index contributed by atoms with van der Waals surface area (Å²) in [5.74, 6) is 0.745. The molecule has 0 aliphatic heterocycles. The van der Waals surface area contributed by atoms with E-state index in [4.69, 9.17) is 27.6 Å². The number of alkyl halides is 3. The molecular weight excluding hydrogens is 586 g/mol. The zero-order chi connectivity index (χ0) is 29.0. The number of sulfone groups is 1. The molecule has 206 valence electrons. The molecule has 0 spiro atoms. The van der Waals surface area contributed by atoms with E-state index < -0.39 is 21.7 Å². The van der Waals surface area contributed by atoms with Gasteiger partial charge in [0.15, 0.2) is 27.2 Å². The number of oxazole rings is 1. The molecule has 5 aromatic rings. The van der Waals surface area contributed by atoms with Gasteiger partial charge in [0.25, 0.3) is 0 Å². The van der Waals surface area contributed by atoms with Crippen molar-refractivity contribution in [3.8, 4) is 39.4 Å². The molecule has 0 bridgehead atoms. The Balaban J connectivity index is 1.78. The van der Waals surface area contributed by atoms with Gasteiger partial charge < -0.3 is 8.98 Å². The number of aryl methyl sites for hydroxylation is 2. The second-order valence-electron chi connectivity index (χ2n) is 9.11. The van der Waals surface area contributed by atoms with E-state index in [2.05, 4.69) is 9.97 Å². The number of hydrogen-bond acceptors (Lipinski definition) is 5. The van der Waals surface area contributed by atoms with Crippen molar-refractivity contribution >= 4 is 33.0 Å². The van der Waals surface area contributed by atoms with Crippen LogP contribution in [0.25, 0.3) is 39.4 Å². The van der Waals surface area contributed by atoms with Crippen molar-refractivity contribution in [2.75, 3.05) is 6.26 Å². The Labute approximate surface area is 238 Å². The van der Waals surface area contributed by atoms with E-state index in [1.165, 1.54) is 23.6 Å². The standard InChI is InChI=1S/C28H20Cl2F3N3O3S/c1-15-34-25(28(31,32)33)14-36(15)24-10-8-18(17-5-4-6-20(11-17)40(3,37)38)12-21(24)26-27(39-16(2)35-26)19-7-9-22(29)23(30)13-19/h4-14H,1-3H3. The highest BCUT2D eigenvalue weighted by atomic mass is 35.5. The zero-order valence-electron chi connectivity index (χ0n) is 21.2. The third kappa shape index (κ3) is 5.39. The van der Waals surface area contributed by atoms with E-state index in [1.54, 1.807) is 55.5 Å². The number of benzene rings is 3. The zero-order valence-corrected chi connectivity index (χ0v) is 23.5. The molecule has 12 heteroatoms. The van der Waals surface area contributed by atoms with E-state index >= 15 is 0 Å². The normalized spacial score (nSPS) is 12.2. The van der Waals surface area contributed by atoms with Crippen LogP contribution in [0.15, 0.2) is 76.2 Å².